The molecule has 1 aromatic rings. The zero-order valence-corrected chi connectivity index (χ0v) is 10.4. The summed E-state index contributed by atoms with van der Waals surface area (Å²) < 4.78 is 0.686. The summed E-state index contributed by atoms with van der Waals surface area (Å²) in [5.74, 6) is -0.848. The number of carboxylic acids is 1. The molecule has 1 unspecified atom stereocenters. The lowest BCUT2D eigenvalue weighted by atomic mass is 9.94. The second-order valence-electron chi connectivity index (χ2n) is 3.69. The SMILES string of the molecule is CC(N)(Cc1ccc(O)c(I)c1)C(=O)O. The van der Waals surface area contributed by atoms with Crippen LogP contribution in [0.3, 0.4) is 0 Å². The van der Waals surface area contributed by atoms with Crippen molar-refractivity contribution in [3.63, 3.8) is 0 Å². The van der Waals surface area contributed by atoms with Gasteiger partial charge in [-0.3, -0.25) is 4.79 Å². The molecule has 0 fully saturated rings. The smallest absolute Gasteiger partial charge is 0.323 e. The Morgan fingerprint density at radius 1 is 1.60 bits per heavy atom. The maximum atomic E-state index is 10.8. The standard InChI is InChI=1S/C10H12INO3/c1-10(12,9(14)15)5-6-2-3-8(13)7(11)4-6/h2-4,13H,5,12H2,1H3,(H,14,15). The minimum Gasteiger partial charge on any atom is -0.507 e. The van der Waals surface area contributed by atoms with Crippen LogP contribution in [0, 0.1) is 3.57 Å². The van der Waals surface area contributed by atoms with Crippen LogP contribution in [-0.2, 0) is 11.2 Å². The largest absolute Gasteiger partial charge is 0.507 e. The number of aromatic hydroxyl groups is 1. The van der Waals surface area contributed by atoms with Gasteiger partial charge in [0.25, 0.3) is 0 Å². The number of nitrogens with two attached hydrogens (primary N) is 1. The summed E-state index contributed by atoms with van der Waals surface area (Å²) in [5, 5.41) is 18.1. The fourth-order valence-electron chi connectivity index (χ4n) is 1.16. The molecule has 15 heavy (non-hydrogen) atoms. The number of rotatable bonds is 3. The van der Waals surface area contributed by atoms with Gasteiger partial charge in [0, 0.05) is 6.42 Å². The summed E-state index contributed by atoms with van der Waals surface area (Å²) in [4.78, 5) is 10.8. The van der Waals surface area contributed by atoms with Gasteiger partial charge in [-0.1, -0.05) is 6.07 Å². The van der Waals surface area contributed by atoms with Crippen molar-refractivity contribution in [1.29, 1.82) is 0 Å². The number of halogens is 1. The maximum Gasteiger partial charge on any atom is 0.323 e. The number of hydrogen-bond acceptors (Lipinski definition) is 3. The van der Waals surface area contributed by atoms with Gasteiger partial charge in [-0.2, -0.15) is 0 Å². The van der Waals surface area contributed by atoms with E-state index < -0.39 is 11.5 Å². The van der Waals surface area contributed by atoms with Crippen LogP contribution in [0.1, 0.15) is 12.5 Å². The Balaban J connectivity index is 2.91. The third-order valence-corrected chi connectivity index (χ3v) is 2.94. The van der Waals surface area contributed by atoms with E-state index in [9.17, 15) is 9.90 Å². The van der Waals surface area contributed by atoms with E-state index >= 15 is 0 Å². The zero-order chi connectivity index (χ0) is 11.6. The van der Waals surface area contributed by atoms with Crippen molar-refractivity contribution in [3.05, 3.63) is 27.3 Å². The summed E-state index contributed by atoms with van der Waals surface area (Å²) in [6.07, 6.45) is 0.235. The molecule has 0 radical (unpaired) electrons. The van der Waals surface area contributed by atoms with Crippen molar-refractivity contribution in [1.82, 2.24) is 0 Å². The number of carbonyl (C=O) groups is 1. The number of carboxylic acid groups (broad SMARTS) is 1. The van der Waals surface area contributed by atoms with E-state index in [1.165, 1.54) is 13.0 Å². The maximum absolute atomic E-state index is 10.8. The molecule has 1 rings (SSSR count). The van der Waals surface area contributed by atoms with E-state index in [1.54, 1.807) is 12.1 Å². The van der Waals surface area contributed by atoms with Crippen molar-refractivity contribution >= 4 is 28.6 Å². The molecule has 0 heterocycles. The first-order valence-electron chi connectivity index (χ1n) is 4.32. The summed E-state index contributed by atoms with van der Waals surface area (Å²) in [7, 11) is 0. The lowest BCUT2D eigenvalue weighted by Crippen LogP contribution is -2.46. The van der Waals surface area contributed by atoms with Gasteiger partial charge in [-0.05, 0) is 47.2 Å². The van der Waals surface area contributed by atoms with E-state index in [4.69, 9.17) is 10.8 Å². The van der Waals surface area contributed by atoms with Crippen LogP contribution >= 0.6 is 22.6 Å². The second kappa shape index (κ2) is 4.36. The Labute approximate surface area is 101 Å². The van der Waals surface area contributed by atoms with Crippen molar-refractivity contribution in [2.45, 2.75) is 18.9 Å². The second-order valence-corrected chi connectivity index (χ2v) is 4.85. The van der Waals surface area contributed by atoms with Gasteiger partial charge < -0.3 is 15.9 Å². The molecule has 0 aliphatic rings. The van der Waals surface area contributed by atoms with Crippen LogP contribution in [0.5, 0.6) is 5.75 Å². The van der Waals surface area contributed by atoms with E-state index in [2.05, 4.69) is 0 Å². The van der Waals surface area contributed by atoms with Crippen molar-refractivity contribution in [2.24, 2.45) is 5.73 Å². The molecule has 0 amide bonds. The van der Waals surface area contributed by atoms with Crippen LogP contribution in [0.2, 0.25) is 0 Å². The fraction of sp³-hybridized carbons (Fsp3) is 0.300. The quantitative estimate of drug-likeness (QED) is 0.734. The third-order valence-electron chi connectivity index (χ3n) is 2.07. The molecular weight excluding hydrogens is 309 g/mol. The average Bonchev–Trinajstić information content (AvgIpc) is 2.10. The van der Waals surface area contributed by atoms with Gasteiger partial charge in [-0.15, -0.1) is 0 Å². The van der Waals surface area contributed by atoms with Gasteiger partial charge in [0.1, 0.15) is 11.3 Å². The lowest BCUT2D eigenvalue weighted by Gasteiger charge is -2.19. The normalized spacial score (nSPS) is 14.6. The number of hydrogen-bond donors (Lipinski definition) is 3. The topological polar surface area (TPSA) is 83.5 Å². The number of benzene rings is 1. The Morgan fingerprint density at radius 3 is 2.67 bits per heavy atom. The summed E-state index contributed by atoms with van der Waals surface area (Å²) in [6.45, 7) is 1.47. The molecule has 0 saturated carbocycles. The molecule has 4 nitrogen and oxygen atoms in total. The third kappa shape index (κ3) is 3.07. The van der Waals surface area contributed by atoms with Crippen molar-refractivity contribution in [3.8, 4) is 5.75 Å². The Morgan fingerprint density at radius 2 is 2.20 bits per heavy atom. The summed E-state index contributed by atoms with van der Waals surface area (Å²) in [6, 6.07) is 4.94. The number of phenols is 1. The van der Waals surface area contributed by atoms with Gasteiger partial charge in [0.15, 0.2) is 0 Å². The van der Waals surface area contributed by atoms with Crippen LogP contribution in [0.15, 0.2) is 18.2 Å². The van der Waals surface area contributed by atoms with E-state index in [0.29, 0.717) is 3.57 Å². The highest BCUT2D eigenvalue weighted by Gasteiger charge is 2.28. The van der Waals surface area contributed by atoms with Gasteiger partial charge in [-0.25, -0.2) is 0 Å². The first kappa shape index (κ1) is 12.3. The highest BCUT2D eigenvalue weighted by molar-refractivity contribution is 14.1. The number of phenolic OH excluding ortho intramolecular Hbond substituents is 1. The van der Waals surface area contributed by atoms with Crippen LogP contribution in [-0.4, -0.2) is 21.7 Å². The first-order valence-corrected chi connectivity index (χ1v) is 5.40. The Bertz CT molecular complexity index is 390. The van der Waals surface area contributed by atoms with Crippen LogP contribution in [0.4, 0.5) is 0 Å². The molecule has 0 aliphatic carbocycles. The lowest BCUT2D eigenvalue weighted by molar-refractivity contribution is -0.142. The van der Waals surface area contributed by atoms with E-state index in [-0.39, 0.29) is 12.2 Å². The molecule has 4 N–H and O–H groups in total. The molecule has 5 heteroatoms. The molecule has 0 aromatic heterocycles. The molecule has 0 spiro atoms. The van der Waals surface area contributed by atoms with Gasteiger partial charge in [0.2, 0.25) is 0 Å². The van der Waals surface area contributed by atoms with Gasteiger partial charge in [0.05, 0.1) is 3.57 Å². The van der Waals surface area contributed by atoms with E-state index in [0.717, 1.165) is 5.56 Å². The van der Waals surface area contributed by atoms with Crippen LogP contribution < -0.4 is 5.73 Å². The number of aliphatic carboxylic acids is 1. The molecule has 1 aromatic carbocycles. The zero-order valence-electron chi connectivity index (χ0n) is 8.20. The Kier molecular flexibility index (Phi) is 3.56. The van der Waals surface area contributed by atoms with Crippen LogP contribution in [0.25, 0.3) is 0 Å². The Hall–Kier alpha value is -0.820. The molecule has 0 aliphatic heterocycles. The fourth-order valence-corrected chi connectivity index (χ4v) is 1.74. The summed E-state index contributed by atoms with van der Waals surface area (Å²) >= 11 is 1.98. The van der Waals surface area contributed by atoms with Gasteiger partial charge >= 0.3 is 5.97 Å². The predicted octanol–water partition coefficient (Wildman–Crippen LogP) is 1.34. The van der Waals surface area contributed by atoms with E-state index in [1.807, 2.05) is 22.6 Å². The minimum atomic E-state index is -1.28. The van der Waals surface area contributed by atoms with Crippen molar-refractivity contribution < 1.29 is 15.0 Å². The molecule has 1 atom stereocenters. The molecular formula is C10H12INO3. The molecule has 0 bridgehead atoms. The predicted molar refractivity (Wildman–Crippen MR) is 64.8 cm³/mol. The molecule has 82 valence electrons. The minimum absolute atomic E-state index is 0.188. The monoisotopic (exact) mass is 321 g/mol. The van der Waals surface area contributed by atoms with Crippen molar-refractivity contribution in [2.75, 3.05) is 0 Å². The first-order chi connectivity index (χ1) is 6.83. The molecule has 0 saturated heterocycles. The highest BCUT2D eigenvalue weighted by atomic mass is 127. The highest BCUT2D eigenvalue weighted by Crippen LogP contribution is 2.22. The summed E-state index contributed by atoms with van der Waals surface area (Å²) in [5.41, 5.74) is 5.13. The average molecular weight is 321 g/mol.